The van der Waals surface area contributed by atoms with Crippen molar-refractivity contribution in [3.8, 4) is 0 Å². The van der Waals surface area contributed by atoms with Crippen molar-refractivity contribution in [3.63, 3.8) is 0 Å². The zero-order chi connectivity index (χ0) is 13.1. The van der Waals surface area contributed by atoms with Gasteiger partial charge in [-0.25, -0.2) is 0 Å². The van der Waals surface area contributed by atoms with Crippen molar-refractivity contribution in [3.05, 3.63) is 65.0 Å². The van der Waals surface area contributed by atoms with Crippen molar-refractivity contribution in [1.82, 2.24) is 4.98 Å². The molecule has 0 radical (unpaired) electrons. The lowest BCUT2D eigenvalue weighted by Crippen LogP contribution is -2.25. The standard InChI is InChI=1S/C17H20N2/c18-17(11-14-3-2-8-19-12-14)10-13-6-7-15-4-1-5-16(15)9-13/h2-3,6-9,12,17H,1,4-5,10-11,18H2. The van der Waals surface area contributed by atoms with Crippen LogP contribution in [-0.4, -0.2) is 11.0 Å². The first-order valence-corrected chi connectivity index (χ1v) is 7.06. The highest BCUT2D eigenvalue weighted by Crippen LogP contribution is 2.23. The highest BCUT2D eigenvalue weighted by Gasteiger charge is 2.12. The second kappa shape index (κ2) is 5.54. The van der Waals surface area contributed by atoms with Gasteiger partial charge in [0.05, 0.1) is 0 Å². The van der Waals surface area contributed by atoms with Crippen molar-refractivity contribution in [2.45, 2.75) is 38.1 Å². The lowest BCUT2D eigenvalue weighted by molar-refractivity contribution is 0.663. The van der Waals surface area contributed by atoms with E-state index in [4.69, 9.17) is 5.73 Å². The van der Waals surface area contributed by atoms with Gasteiger partial charge in [0.25, 0.3) is 0 Å². The quantitative estimate of drug-likeness (QED) is 0.908. The smallest absolute Gasteiger partial charge is 0.0300 e. The summed E-state index contributed by atoms with van der Waals surface area (Å²) in [5, 5.41) is 0. The summed E-state index contributed by atoms with van der Waals surface area (Å²) < 4.78 is 0. The van der Waals surface area contributed by atoms with Crippen LogP contribution < -0.4 is 5.73 Å². The van der Waals surface area contributed by atoms with Crippen LogP contribution in [0.1, 0.15) is 28.7 Å². The van der Waals surface area contributed by atoms with Crippen molar-refractivity contribution in [1.29, 1.82) is 0 Å². The number of nitrogens with two attached hydrogens (primary N) is 1. The molecular weight excluding hydrogens is 232 g/mol. The minimum atomic E-state index is 0.170. The normalized spacial score (nSPS) is 15.2. The molecular formula is C17H20N2. The van der Waals surface area contributed by atoms with Gasteiger partial charge < -0.3 is 5.73 Å². The van der Waals surface area contributed by atoms with Gasteiger partial charge in [-0.15, -0.1) is 0 Å². The molecule has 1 aromatic carbocycles. The van der Waals surface area contributed by atoms with E-state index in [1.54, 1.807) is 6.20 Å². The van der Waals surface area contributed by atoms with Crippen LogP contribution in [0.25, 0.3) is 0 Å². The summed E-state index contributed by atoms with van der Waals surface area (Å²) in [5.74, 6) is 0. The van der Waals surface area contributed by atoms with Crippen LogP contribution in [0.2, 0.25) is 0 Å². The fraction of sp³-hybridized carbons (Fsp3) is 0.353. The van der Waals surface area contributed by atoms with E-state index in [0.717, 1.165) is 12.8 Å². The van der Waals surface area contributed by atoms with Crippen LogP contribution >= 0.6 is 0 Å². The molecule has 19 heavy (non-hydrogen) atoms. The van der Waals surface area contributed by atoms with Crippen LogP contribution in [0.3, 0.4) is 0 Å². The molecule has 1 aromatic heterocycles. The molecule has 0 aliphatic heterocycles. The maximum atomic E-state index is 6.26. The lowest BCUT2D eigenvalue weighted by Gasteiger charge is -2.12. The van der Waals surface area contributed by atoms with Gasteiger partial charge in [0, 0.05) is 18.4 Å². The zero-order valence-corrected chi connectivity index (χ0v) is 11.2. The Hall–Kier alpha value is -1.67. The molecule has 0 fully saturated rings. The maximum Gasteiger partial charge on any atom is 0.0300 e. The first kappa shape index (κ1) is 12.4. The number of rotatable bonds is 4. The number of hydrogen-bond donors (Lipinski definition) is 1. The topological polar surface area (TPSA) is 38.9 Å². The van der Waals surface area contributed by atoms with Crippen LogP contribution in [0, 0.1) is 0 Å². The van der Waals surface area contributed by atoms with Gasteiger partial charge in [0.1, 0.15) is 0 Å². The Morgan fingerprint density at radius 3 is 2.74 bits per heavy atom. The van der Waals surface area contributed by atoms with E-state index in [1.807, 2.05) is 12.3 Å². The minimum Gasteiger partial charge on any atom is -0.327 e. The predicted octanol–water partition coefficient (Wildman–Crippen LogP) is 2.68. The molecule has 98 valence electrons. The Bertz CT molecular complexity index is 548. The number of benzene rings is 1. The molecule has 1 atom stereocenters. The van der Waals surface area contributed by atoms with Crippen LogP contribution in [-0.2, 0) is 25.7 Å². The number of aromatic nitrogens is 1. The molecule has 1 unspecified atom stereocenters. The van der Waals surface area contributed by atoms with Gasteiger partial charge in [-0.2, -0.15) is 0 Å². The first-order chi connectivity index (χ1) is 9.31. The summed E-state index contributed by atoms with van der Waals surface area (Å²) in [4.78, 5) is 4.14. The largest absolute Gasteiger partial charge is 0.327 e. The molecule has 0 bridgehead atoms. The fourth-order valence-corrected chi connectivity index (χ4v) is 2.95. The van der Waals surface area contributed by atoms with E-state index in [1.165, 1.54) is 41.5 Å². The van der Waals surface area contributed by atoms with Gasteiger partial charge in [0.2, 0.25) is 0 Å². The molecule has 0 amide bonds. The van der Waals surface area contributed by atoms with Crippen molar-refractivity contribution in [2.75, 3.05) is 0 Å². The molecule has 1 heterocycles. The summed E-state index contributed by atoms with van der Waals surface area (Å²) in [5.41, 5.74) is 11.9. The number of fused-ring (bicyclic) bond motifs is 1. The highest BCUT2D eigenvalue weighted by molar-refractivity contribution is 5.35. The molecule has 0 saturated heterocycles. The molecule has 2 heteroatoms. The molecule has 0 saturated carbocycles. The van der Waals surface area contributed by atoms with Crippen molar-refractivity contribution in [2.24, 2.45) is 5.73 Å². The fourth-order valence-electron chi connectivity index (χ4n) is 2.95. The second-order valence-corrected chi connectivity index (χ2v) is 5.49. The Balaban J connectivity index is 1.65. The number of nitrogens with zero attached hydrogens (tertiary/aromatic N) is 1. The van der Waals surface area contributed by atoms with E-state index in [0.29, 0.717) is 0 Å². The van der Waals surface area contributed by atoms with Crippen molar-refractivity contribution < 1.29 is 0 Å². The Morgan fingerprint density at radius 2 is 1.89 bits per heavy atom. The monoisotopic (exact) mass is 252 g/mol. The van der Waals surface area contributed by atoms with Crippen LogP contribution in [0.5, 0.6) is 0 Å². The van der Waals surface area contributed by atoms with Gasteiger partial charge >= 0.3 is 0 Å². The van der Waals surface area contributed by atoms with E-state index < -0.39 is 0 Å². The zero-order valence-electron chi connectivity index (χ0n) is 11.2. The van der Waals surface area contributed by atoms with E-state index in [9.17, 15) is 0 Å². The van der Waals surface area contributed by atoms with Crippen LogP contribution in [0.4, 0.5) is 0 Å². The molecule has 2 N–H and O–H groups in total. The van der Waals surface area contributed by atoms with Gasteiger partial charge in [-0.05, 0) is 60.4 Å². The van der Waals surface area contributed by atoms with Crippen molar-refractivity contribution >= 4 is 0 Å². The van der Waals surface area contributed by atoms with Crippen LogP contribution in [0.15, 0.2) is 42.7 Å². The molecule has 1 aliphatic carbocycles. The Labute approximate surface area is 114 Å². The average molecular weight is 252 g/mol. The summed E-state index contributed by atoms with van der Waals surface area (Å²) in [6.45, 7) is 0. The summed E-state index contributed by atoms with van der Waals surface area (Å²) in [6, 6.07) is 11.1. The van der Waals surface area contributed by atoms with Gasteiger partial charge in [-0.1, -0.05) is 24.3 Å². The number of aryl methyl sites for hydroxylation is 2. The number of hydrogen-bond acceptors (Lipinski definition) is 2. The Kier molecular flexibility index (Phi) is 3.60. The summed E-state index contributed by atoms with van der Waals surface area (Å²) in [7, 11) is 0. The SMILES string of the molecule is NC(Cc1cccnc1)Cc1ccc2c(c1)CCC2. The third-order valence-electron chi connectivity index (χ3n) is 3.88. The third-order valence-corrected chi connectivity index (χ3v) is 3.88. The second-order valence-electron chi connectivity index (χ2n) is 5.49. The third kappa shape index (κ3) is 3.02. The first-order valence-electron chi connectivity index (χ1n) is 7.06. The van der Waals surface area contributed by atoms with E-state index in [-0.39, 0.29) is 6.04 Å². The number of pyridine rings is 1. The predicted molar refractivity (Wildman–Crippen MR) is 78.1 cm³/mol. The molecule has 0 spiro atoms. The minimum absolute atomic E-state index is 0.170. The summed E-state index contributed by atoms with van der Waals surface area (Å²) >= 11 is 0. The van der Waals surface area contributed by atoms with Gasteiger partial charge in [0.15, 0.2) is 0 Å². The van der Waals surface area contributed by atoms with Gasteiger partial charge in [-0.3, -0.25) is 4.98 Å². The molecule has 1 aliphatic rings. The maximum absolute atomic E-state index is 6.26. The molecule has 2 aromatic rings. The molecule has 2 nitrogen and oxygen atoms in total. The summed E-state index contributed by atoms with van der Waals surface area (Å²) in [6.07, 6.45) is 9.34. The van der Waals surface area contributed by atoms with E-state index >= 15 is 0 Å². The molecule has 3 rings (SSSR count). The highest BCUT2D eigenvalue weighted by atomic mass is 14.6. The lowest BCUT2D eigenvalue weighted by atomic mass is 9.98. The average Bonchev–Trinajstić information content (AvgIpc) is 2.87. The van der Waals surface area contributed by atoms with E-state index in [2.05, 4.69) is 29.2 Å². The Morgan fingerprint density at radius 1 is 1.05 bits per heavy atom.